The van der Waals surface area contributed by atoms with E-state index in [1.54, 1.807) is 0 Å². The van der Waals surface area contributed by atoms with Crippen LogP contribution in [0.2, 0.25) is 0 Å². The van der Waals surface area contributed by atoms with E-state index in [4.69, 9.17) is 0 Å². The summed E-state index contributed by atoms with van der Waals surface area (Å²) in [6.45, 7) is 42.3. The molecule has 79 heavy (non-hydrogen) atoms. The van der Waals surface area contributed by atoms with E-state index in [2.05, 4.69) is 286 Å². The molecule has 0 amide bonds. The van der Waals surface area contributed by atoms with Crippen LogP contribution in [0, 0.1) is 0 Å². The summed E-state index contributed by atoms with van der Waals surface area (Å²) in [5, 5.41) is 1.32. The average Bonchev–Trinajstić information content (AvgIpc) is 2.13. The van der Waals surface area contributed by atoms with Crippen LogP contribution in [0.1, 0.15) is 180 Å². The molecule has 0 radical (unpaired) electrons. The van der Waals surface area contributed by atoms with Crippen LogP contribution in [-0.2, 0) is 37.9 Å². The molecule has 4 aliphatic rings. The van der Waals surface area contributed by atoms with Crippen LogP contribution < -0.4 is 25.5 Å². The van der Waals surface area contributed by atoms with Crippen molar-refractivity contribution >= 4 is 78.0 Å². The summed E-state index contributed by atoms with van der Waals surface area (Å²) >= 11 is 2.03. The Hall–Kier alpha value is -6.62. The molecule has 398 valence electrons. The van der Waals surface area contributed by atoms with E-state index in [1.165, 1.54) is 138 Å². The first-order valence-corrected chi connectivity index (χ1v) is 29.9. The van der Waals surface area contributed by atoms with Gasteiger partial charge in [-0.25, -0.2) is 0 Å². The lowest BCUT2D eigenvalue weighted by molar-refractivity contribution is 0.586. The Balaban J connectivity index is 1.16. The number of hydrogen-bond acceptors (Lipinski definition) is 3. The summed E-state index contributed by atoms with van der Waals surface area (Å²) in [6, 6.07) is 61.2. The minimum Gasteiger partial charge on any atom is -0.311 e. The van der Waals surface area contributed by atoms with Crippen LogP contribution in [0.15, 0.2) is 152 Å². The lowest BCUT2D eigenvalue weighted by atomic mass is 9.36. The number of fused-ring (bicyclic) bond motifs is 16. The van der Waals surface area contributed by atoms with Gasteiger partial charge in [0.15, 0.2) is 0 Å². The molecule has 2 aliphatic carbocycles. The van der Waals surface area contributed by atoms with E-state index in [0.29, 0.717) is 0 Å². The SMILES string of the molecule is CC(C)(C)c1ccc(N2c3cc(C(C)(C)C)ccc3B3c4sc5cc6c(cc5c4N(c4ccc(C(C)(C)C)cc4)c4cc(C(C)(C)C)cc2c43)-c2ccccc2C62c3cc(C(C)(C)C)ccc3-c3ccc(C(C)(C)C)cc32)cc1. The second kappa shape index (κ2) is 16.7. The number of thiophene rings is 1. The van der Waals surface area contributed by atoms with Crippen LogP contribution in [-0.4, -0.2) is 6.71 Å². The summed E-state index contributed by atoms with van der Waals surface area (Å²) in [6.07, 6.45) is 0. The van der Waals surface area contributed by atoms with E-state index in [1.807, 2.05) is 11.3 Å². The Morgan fingerprint density at radius 2 is 0.772 bits per heavy atom. The first kappa shape index (κ1) is 51.8. The van der Waals surface area contributed by atoms with Crippen molar-refractivity contribution in [1.29, 1.82) is 0 Å². The molecule has 1 spiro atoms. The van der Waals surface area contributed by atoms with Gasteiger partial charge in [-0.2, -0.15) is 0 Å². The number of hydrogen-bond donors (Lipinski definition) is 0. The van der Waals surface area contributed by atoms with Crippen LogP contribution in [0.25, 0.3) is 32.3 Å². The highest BCUT2D eigenvalue weighted by Crippen LogP contribution is 2.65. The molecule has 2 nitrogen and oxygen atoms in total. The summed E-state index contributed by atoms with van der Waals surface area (Å²) < 4.78 is 2.74. The number of nitrogens with zero attached hydrogens (tertiary/aromatic N) is 2. The average molecular weight is 1050 g/mol. The molecule has 2 aliphatic heterocycles. The zero-order valence-electron chi connectivity index (χ0n) is 50.3. The van der Waals surface area contributed by atoms with Crippen molar-refractivity contribution in [3.05, 3.63) is 207 Å². The standard InChI is InChI=1S/C75H79BN2S/c1-69(2,3)44-23-30-50(31-24-44)77-62-39-48(73(13,14)15)29-36-61(62)76-66-63(77)40-49(74(16,17)18)41-64(66)78(51-32-25-45(26-33-51)70(4,5)6)67-56-42-55-52-21-19-20-22-57(52)75(60(55)43-65(56)79-68(67)76)58-37-46(71(7,8)9)27-34-53(58)54-35-28-47(38-59(54)75)72(10,11)12/h19-43H,1-18H3. The van der Waals surface area contributed by atoms with Gasteiger partial charge in [0.2, 0.25) is 0 Å². The van der Waals surface area contributed by atoms with Crippen LogP contribution in [0.4, 0.5) is 34.1 Å². The fraction of sp³-hybridized carbons (Fsp3) is 0.333. The summed E-state index contributed by atoms with van der Waals surface area (Å²) in [4.78, 5) is 5.32. The first-order chi connectivity index (χ1) is 37.0. The molecule has 0 atom stereocenters. The molecule has 0 N–H and O–H groups in total. The van der Waals surface area contributed by atoms with Crippen molar-refractivity contribution in [3.63, 3.8) is 0 Å². The van der Waals surface area contributed by atoms with Crippen LogP contribution >= 0.6 is 11.3 Å². The Labute approximate surface area is 477 Å². The third kappa shape index (κ3) is 7.69. The van der Waals surface area contributed by atoms with E-state index >= 15 is 0 Å². The molecular weight excluding hydrogens is 972 g/mol. The zero-order valence-corrected chi connectivity index (χ0v) is 51.1. The van der Waals surface area contributed by atoms with Gasteiger partial charge in [-0.15, -0.1) is 11.3 Å². The molecular formula is C75H79BN2S. The molecule has 9 aromatic rings. The Bertz CT molecular complexity index is 3950. The second-order valence-corrected chi connectivity index (χ2v) is 31.0. The van der Waals surface area contributed by atoms with Crippen molar-refractivity contribution < 1.29 is 0 Å². The van der Waals surface area contributed by atoms with Crippen molar-refractivity contribution in [3.8, 4) is 22.3 Å². The maximum Gasteiger partial charge on any atom is 0.264 e. The van der Waals surface area contributed by atoms with Crippen molar-refractivity contribution in [2.45, 2.75) is 163 Å². The predicted molar refractivity (Wildman–Crippen MR) is 344 cm³/mol. The molecule has 13 rings (SSSR count). The van der Waals surface area contributed by atoms with Crippen molar-refractivity contribution in [2.75, 3.05) is 9.80 Å². The van der Waals surface area contributed by atoms with Gasteiger partial charge < -0.3 is 9.80 Å². The van der Waals surface area contributed by atoms with Gasteiger partial charge in [0, 0.05) is 43.3 Å². The fourth-order valence-corrected chi connectivity index (χ4v) is 15.1. The largest absolute Gasteiger partial charge is 0.311 e. The normalized spacial score (nSPS) is 15.2. The highest BCUT2D eigenvalue weighted by molar-refractivity contribution is 7.33. The predicted octanol–water partition coefficient (Wildman–Crippen LogP) is 19.1. The molecule has 0 saturated carbocycles. The van der Waals surface area contributed by atoms with Crippen molar-refractivity contribution in [2.24, 2.45) is 0 Å². The minimum absolute atomic E-state index is 0.00154. The first-order valence-electron chi connectivity index (χ1n) is 29.1. The van der Waals surface area contributed by atoms with Gasteiger partial charge in [-0.1, -0.05) is 222 Å². The lowest BCUT2D eigenvalue weighted by Crippen LogP contribution is -2.60. The molecule has 0 saturated heterocycles. The number of rotatable bonds is 2. The molecule has 0 fully saturated rings. The Morgan fingerprint density at radius 1 is 0.354 bits per heavy atom. The monoisotopic (exact) mass is 1050 g/mol. The van der Waals surface area contributed by atoms with Crippen LogP contribution in [0.5, 0.6) is 0 Å². The summed E-state index contributed by atoms with van der Waals surface area (Å²) in [5.41, 5.74) is 28.6. The van der Waals surface area contributed by atoms with E-state index < -0.39 is 5.41 Å². The highest BCUT2D eigenvalue weighted by Gasteiger charge is 2.54. The Kier molecular flexibility index (Phi) is 11.0. The van der Waals surface area contributed by atoms with Gasteiger partial charge in [-0.3, -0.25) is 0 Å². The quantitative estimate of drug-likeness (QED) is 0.159. The molecule has 3 heterocycles. The Morgan fingerprint density at radius 3 is 1.29 bits per heavy atom. The molecule has 4 heteroatoms. The second-order valence-electron chi connectivity index (χ2n) is 29.9. The van der Waals surface area contributed by atoms with Gasteiger partial charge >= 0.3 is 0 Å². The maximum atomic E-state index is 2.69. The van der Waals surface area contributed by atoms with E-state index in [-0.39, 0.29) is 39.2 Å². The molecule has 8 aromatic carbocycles. The van der Waals surface area contributed by atoms with Gasteiger partial charge in [0.25, 0.3) is 6.71 Å². The molecule has 1 aromatic heterocycles. The summed E-state index contributed by atoms with van der Waals surface area (Å²) in [7, 11) is 0. The lowest BCUT2D eigenvalue weighted by Gasteiger charge is -2.44. The van der Waals surface area contributed by atoms with Gasteiger partial charge in [-0.05, 0) is 176 Å². The highest BCUT2D eigenvalue weighted by atomic mass is 32.1. The van der Waals surface area contributed by atoms with Crippen LogP contribution in [0.3, 0.4) is 0 Å². The third-order valence-electron chi connectivity index (χ3n) is 18.4. The summed E-state index contributed by atoms with van der Waals surface area (Å²) in [5.74, 6) is 0. The third-order valence-corrected chi connectivity index (χ3v) is 19.6. The smallest absolute Gasteiger partial charge is 0.264 e. The van der Waals surface area contributed by atoms with Crippen molar-refractivity contribution in [1.82, 2.24) is 0 Å². The van der Waals surface area contributed by atoms with Gasteiger partial charge in [0.05, 0.1) is 11.1 Å². The number of anilines is 6. The van der Waals surface area contributed by atoms with E-state index in [9.17, 15) is 0 Å². The minimum atomic E-state index is -0.498. The zero-order chi connectivity index (χ0) is 56.1. The van der Waals surface area contributed by atoms with Gasteiger partial charge in [0.1, 0.15) is 0 Å². The molecule has 0 bridgehead atoms. The van der Waals surface area contributed by atoms with E-state index in [0.717, 1.165) is 0 Å². The molecule has 0 unspecified atom stereocenters. The topological polar surface area (TPSA) is 6.48 Å². The number of benzene rings is 8. The fourth-order valence-electron chi connectivity index (χ4n) is 13.8. The maximum absolute atomic E-state index is 2.69.